The lowest BCUT2D eigenvalue weighted by molar-refractivity contribution is -0.129. The molecular weight excluding hydrogens is 408 g/mol. The van der Waals surface area contributed by atoms with Crippen LogP contribution in [0.3, 0.4) is 0 Å². The lowest BCUT2D eigenvalue weighted by atomic mass is 9.85. The molecule has 1 aliphatic heterocycles. The van der Waals surface area contributed by atoms with Crippen LogP contribution in [0.5, 0.6) is 11.5 Å². The van der Waals surface area contributed by atoms with Crippen molar-refractivity contribution in [2.75, 3.05) is 19.5 Å². The fourth-order valence-electron chi connectivity index (χ4n) is 4.53. The number of rotatable bonds is 6. The number of hydrogen-bond donors (Lipinski definition) is 1. The third-order valence-corrected chi connectivity index (χ3v) is 7.26. The third-order valence-electron chi connectivity index (χ3n) is 6.14. The Hall–Kier alpha value is -2.60. The summed E-state index contributed by atoms with van der Waals surface area (Å²) in [6, 6.07) is 16.1. The van der Waals surface area contributed by atoms with Gasteiger partial charge in [0.25, 0.3) is 5.91 Å². The van der Waals surface area contributed by atoms with E-state index in [9.17, 15) is 4.79 Å². The van der Waals surface area contributed by atoms with Gasteiger partial charge >= 0.3 is 0 Å². The SMILES string of the molecule is COc1cccc(/C=C2\SC(Nc3ccccc3)N([C@@H]3CCCC[C@@H]3C)C2=O)c1OC. The molecule has 0 spiro atoms. The molecule has 5 nitrogen and oxygen atoms in total. The molecule has 0 radical (unpaired) electrons. The molecule has 1 saturated carbocycles. The Morgan fingerprint density at radius 2 is 1.81 bits per heavy atom. The monoisotopic (exact) mass is 438 g/mol. The van der Waals surface area contributed by atoms with Crippen molar-refractivity contribution in [2.45, 2.75) is 44.1 Å². The summed E-state index contributed by atoms with van der Waals surface area (Å²) in [7, 11) is 3.25. The van der Waals surface area contributed by atoms with Gasteiger partial charge in [0, 0.05) is 17.3 Å². The quantitative estimate of drug-likeness (QED) is 0.596. The minimum atomic E-state index is -0.136. The van der Waals surface area contributed by atoms with Gasteiger partial charge in [-0.05, 0) is 43.0 Å². The van der Waals surface area contributed by atoms with Crippen molar-refractivity contribution in [2.24, 2.45) is 5.92 Å². The van der Waals surface area contributed by atoms with Gasteiger partial charge in [0.05, 0.1) is 19.1 Å². The van der Waals surface area contributed by atoms with E-state index in [1.54, 1.807) is 26.0 Å². The van der Waals surface area contributed by atoms with E-state index in [0.29, 0.717) is 17.4 Å². The van der Waals surface area contributed by atoms with E-state index in [1.165, 1.54) is 19.3 Å². The van der Waals surface area contributed by atoms with Crippen LogP contribution in [0.1, 0.15) is 38.2 Å². The lowest BCUT2D eigenvalue weighted by Gasteiger charge is -2.39. The topological polar surface area (TPSA) is 50.8 Å². The van der Waals surface area contributed by atoms with E-state index >= 15 is 0 Å². The van der Waals surface area contributed by atoms with Crippen molar-refractivity contribution in [3.8, 4) is 11.5 Å². The number of carbonyl (C=O) groups is 1. The zero-order chi connectivity index (χ0) is 21.8. The largest absolute Gasteiger partial charge is 0.493 e. The first-order chi connectivity index (χ1) is 15.1. The highest BCUT2D eigenvalue weighted by molar-refractivity contribution is 8.05. The minimum Gasteiger partial charge on any atom is -0.493 e. The molecule has 1 N–H and O–H groups in total. The Bertz CT molecular complexity index is 947. The molecule has 3 atom stereocenters. The Kier molecular flexibility index (Phi) is 6.76. The number of methoxy groups -OCH3 is 2. The molecule has 2 aromatic carbocycles. The van der Waals surface area contributed by atoms with Crippen molar-refractivity contribution in [3.05, 3.63) is 59.0 Å². The summed E-state index contributed by atoms with van der Waals surface area (Å²) in [5.41, 5.74) is 1.72. The maximum absolute atomic E-state index is 13.6. The molecule has 2 aliphatic rings. The summed E-state index contributed by atoms with van der Waals surface area (Å²) in [4.78, 5) is 16.4. The van der Waals surface area contributed by atoms with Crippen LogP contribution < -0.4 is 14.8 Å². The minimum absolute atomic E-state index is 0.0852. The summed E-state index contributed by atoms with van der Waals surface area (Å²) in [6.45, 7) is 2.27. The molecule has 2 aromatic rings. The van der Waals surface area contributed by atoms with E-state index in [4.69, 9.17) is 9.47 Å². The van der Waals surface area contributed by atoms with Crippen LogP contribution in [0, 0.1) is 5.92 Å². The second-order valence-corrected chi connectivity index (χ2v) is 9.24. The van der Waals surface area contributed by atoms with Gasteiger partial charge in [-0.15, -0.1) is 0 Å². The van der Waals surface area contributed by atoms with Gasteiger partial charge in [0.2, 0.25) is 0 Å². The summed E-state index contributed by atoms with van der Waals surface area (Å²) in [5.74, 6) is 1.87. The van der Waals surface area contributed by atoms with Gasteiger partial charge in [-0.3, -0.25) is 4.79 Å². The maximum atomic E-state index is 13.6. The third kappa shape index (κ3) is 4.54. The number of hydrogen-bond acceptors (Lipinski definition) is 5. The predicted molar refractivity (Wildman–Crippen MR) is 127 cm³/mol. The van der Waals surface area contributed by atoms with Crippen LogP contribution in [0.4, 0.5) is 5.69 Å². The van der Waals surface area contributed by atoms with E-state index in [2.05, 4.69) is 17.1 Å². The first-order valence-corrected chi connectivity index (χ1v) is 11.7. The zero-order valence-corrected chi connectivity index (χ0v) is 19.2. The number of benzene rings is 2. The highest BCUT2D eigenvalue weighted by Gasteiger charge is 2.43. The molecule has 0 bridgehead atoms. The summed E-state index contributed by atoms with van der Waals surface area (Å²) in [6.07, 6.45) is 6.56. The van der Waals surface area contributed by atoms with Gasteiger partial charge in [0.1, 0.15) is 0 Å². The van der Waals surface area contributed by atoms with E-state index in [1.807, 2.05) is 54.6 Å². The number of para-hydroxylation sites is 2. The van der Waals surface area contributed by atoms with Crippen LogP contribution in [0.2, 0.25) is 0 Å². The van der Waals surface area contributed by atoms with Gasteiger partial charge in [-0.2, -0.15) is 0 Å². The van der Waals surface area contributed by atoms with Crippen LogP contribution in [0.25, 0.3) is 6.08 Å². The molecule has 0 aromatic heterocycles. The second-order valence-electron chi connectivity index (χ2n) is 8.11. The number of nitrogens with one attached hydrogen (secondary N) is 1. The molecule has 1 amide bonds. The number of carbonyl (C=O) groups excluding carboxylic acids is 1. The van der Waals surface area contributed by atoms with Gasteiger partial charge in [-0.25, -0.2) is 0 Å². The lowest BCUT2D eigenvalue weighted by Crippen LogP contribution is -2.48. The summed E-state index contributed by atoms with van der Waals surface area (Å²) < 4.78 is 11.0. The van der Waals surface area contributed by atoms with E-state index in [-0.39, 0.29) is 17.4 Å². The Morgan fingerprint density at radius 1 is 1.03 bits per heavy atom. The van der Waals surface area contributed by atoms with Crippen LogP contribution in [-0.4, -0.2) is 36.6 Å². The average molecular weight is 439 g/mol. The normalized spacial score (nSPS) is 25.0. The Labute approximate surface area is 188 Å². The van der Waals surface area contributed by atoms with Crippen molar-refractivity contribution in [1.82, 2.24) is 4.90 Å². The molecule has 2 fully saturated rings. The number of nitrogens with zero attached hydrogens (tertiary/aromatic N) is 1. The van der Waals surface area contributed by atoms with Crippen molar-refractivity contribution >= 4 is 29.4 Å². The van der Waals surface area contributed by atoms with Gasteiger partial charge in [0.15, 0.2) is 17.0 Å². The first-order valence-electron chi connectivity index (χ1n) is 10.9. The number of anilines is 1. The number of ether oxygens (including phenoxy) is 2. The Balaban J connectivity index is 1.69. The molecule has 1 heterocycles. The average Bonchev–Trinajstić information content (AvgIpc) is 3.09. The molecule has 1 aliphatic carbocycles. The number of amides is 1. The molecule has 4 rings (SSSR count). The highest BCUT2D eigenvalue weighted by Crippen LogP contribution is 2.43. The van der Waals surface area contributed by atoms with Crippen LogP contribution in [0.15, 0.2) is 53.4 Å². The molecule has 31 heavy (non-hydrogen) atoms. The van der Waals surface area contributed by atoms with Crippen molar-refractivity contribution in [3.63, 3.8) is 0 Å². The van der Waals surface area contributed by atoms with Crippen LogP contribution >= 0.6 is 11.8 Å². The predicted octanol–water partition coefficient (Wildman–Crippen LogP) is 5.59. The van der Waals surface area contributed by atoms with Crippen molar-refractivity contribution in [1.29, 1.82) is 0 Å². The molecule has 164 valence electrons. The standard InChI is InChI=1S/C25H30N2O3S/c1-17-10-7-8-14-20(17)27-24(28)22(31-25(27)26-19-12-5-4-6-13-19)16-18-11-9-15-21(29-2)23(18)30-3/h4-6,9,11-13,15-17,20,25-26H,7-8,10,14H2,1-3H3/b22-16-/t17-,20+,25?/m0/s1. The van der Waals surface area contributed by atoms with E-state index < -0.39 is 0 Å². The second kappa shape index (κ2) is 9.69. The van der Waals surface area contributed by atoms with Gasteiger partial charge in [-0.1, -0.05) is 61.9 Å². The van der Waals surface area contributed by atoms with Crippen molar-refractivity contribution < 1.29 is 14.3 Å². The Morgan fingerprint density at radius 3 is 2.52 bits per heavy atom. The fraction of sp³-hybridized carbons (Fsp3) is 0.400. The molecular formula is C25H30N2O3S. The molecule has 1 saturated heterocycles. The summed E-state index contributed by atoms with van der Waals surface area (Å²) in [5, 5.41) is 3.58. The highest BCUT2D eigenvalue weighted by atomic mass is 32.2. The van der Waals surface area contributed by atoms with E-state index in [0.717, 1.165) is 22.6 Å². The zero-order valence-electron chi connectivity index (χ0n) is 18.3. The fourth-order valence-corrected chi connectivity index (χ4v) is 5.74. The van der Waals surface area contributed by atoms with Crippen LogP contribution in [-0.2, 0) is 4.79 Å². The molecule has 6 heteroatoms. The molecule has 1 unspecified atom stereocenters. The summed E-state index contributed by atoms with van der Waals surface area (Å²) >= 11 is 1.57. The maximum Gasteiger partial charge on any atom is 0.262 e. The van der Waals surface area contributed by atoms with Gasteiger partial charge < -0.3 is 19.7 Å². The first kappa shape index (κ1) is 21.6. The number of thioether (sulfide) groups is 1. The smallest absolute Gasteiger partial charge is 0.262 e.